The number of nitriles is 1. The number of rotatable bonds is 3. The third-order valence-corrected chi connectivity index (χ3v) is 4.94. The molecule has 132 valence electrons. The first-order valence-corrected chi connectivity index (χ1v) is 8.92. The molecule has 1 fully saturated rings. The van der Waals surface area contributed by atoms with Crippen molar-refractivity contribution in [3.05, 3.63) is 40.7 Å². The quantitative estimate of drug-likeness (QED) is 0.863. The largest absolute Gasteiger partial charge is 0.326 e. The number of nitrogens with one attached hydrogen (secondary N) is 2. The van der Waals surface area contributed by atoms with E-state index in [4.69, 9.17) is 11.6 Å². The number of amides is 1. The fourth-order valence-electron chi connectivity index (χ4n) is 3.39. The van der Waals surface area contributed by atoms with Gasteiger partial charge in [-0.2, -0.15) is 5.26 Å². The maximum absolute atomic E-state index is 12.5. The molecule has 1 aromatic heterocycles. The molecule has 1 atom stereocenters. The van der Waals surface area contributed by atoms with Gasteiger partial charge in [0, 0.05) is 22.8 Å². The Balaban J connectivity index is 1.68. The molecule has 7 nitrogen and oxygen atoms in total. The minimum absolute atomic E-state index is 0.0410. The molecule has 0 aliphatic carbocycles. The topological polar surface area (TPSA) is 93.9 Å². The Morgan fingerprint density at radius 1 is 1.35 bits per heavy atom. The summed E-state index contributed by atoms with van der Waals surface area (Å²) in [7, 11) is 0. The predicted octanol–water partition coefficient (Wildman–Crippen LogP) is 2.39. The second-order valence-corrected chi connectivity index (χ2v) is 6.76. The number of carbonyl (C=O) groups excluding carboxylic acids is 1. The highest BCUT2D eigenvalue weighted by Crippen LogP contribution is 2.36. The molecule has 0 unspecified atom stereocenters. The van der Waals surface area contributed by atoms with E-state index < -0.39 is 0 Å². The Morgan fingerprint density at radius 3 is 2.85 bits per heavy atom. The zero-order valence-electron chi connectivity index (χ0n) is 14.0. The van der Waals surface area contributed by atoms with Crippen LogP contribution in [0.4, 0.5) is 17.3 Å². The predicted molar refractivity (Wildman–Crippen MR) is 98.6 cm³/mol. The standard InChI is InChI=1S/C18H17ClN6O/c19-11-3-5-12(6-4-11)25-9-7-13-16(22-15(10-20)23-17(13)25)24-18(26)14-2-1-8-21-14/h3-6,14,21H,1-2,7-9H2,(H,22,23,24,26)/t14-/m0/s1. The number of fused-ring (bicyclic) bond motifs is 1. The van der Waals surface area contributed by atoms with Crippen molar-refractivity contribution in [3.63, 3.8) is 0 Å². The van der Waals surface area contributed by atoms with Crippen LogP contribution in [0.1, 0.15) is 24.2 Å². The smallest absolute Gasteiger partial charge is 0.242 e. The molecule has 4 rings (SSSR count). The molecule has 2 N–H and O–H groups in total. The maximum Gasteiger partial charge on any atom is 0.242 e. The van der Waals surface area contributed by atoms with Gasteiger partial charge in [0.25, 0.3) is 0 Å². The SMILES string of the molecule is N#Cc1nc(NC(=O)[C@@H]2CCCN2)c2c(n1)N(c1ccc(Cl)cc1)CC2. The Morgan fingerprint density at radius 2 is 2.15 bits per heavy atom. The molecule has 2 aromatic rings. The van der Waals surface area contributed by atoms with Gasteiger partial charge < -0.3 is 15.5 Å². The van der Waals surface area contributed by atoms with Gasteiger partial charge in [0.1, 0.15) is 17.7 Å². The van der Waals surface area contributed by atoms with E-state index in [2.05, 4.69) is 20.6 Å². The van der Waals surface area contributed by atoms with E-state index in [-0.39, 0.29) is 17.8 Å². The van der Waals surface area contributed by atoms with Gasteiger partial charge in [0.15, 0.2) is 0 Å². The van der Waals surface area contributed by atoms with E-state index in [0.29, 0.717) is 29.6 Å². The second-order valence-electron chi connectivity index (χ2n) is 6.33. The van der Waals surface area contributed by atoms with Crippen molar-refractivity contribution in [1.82, 2.24) is 15.3 Å². The van der Waals surface area contributed by atoms with E-state index in [1.807, 2.05) is 35.2 Å². The van der Waals surface area contributed by atoms with Crippen LogP contribution in [-0.2, 0) is 11.2 Å². The average molecular weight is 369 g/mol. The summed E-state index contributed by atoms with van der Waals surface area (Å²) in [6, 6.07) is 9.22. The third kappa shape index (κ3) is 3.09. The van der Waals surface area contributed by atoms with Gasteiger partial charge in [0.05, 0.1) is 6.04 Å². The average Bonchev–Trinajstić information content (AvgIpc) is 3.32. The van der Waals surface area contributed by atoms with Crippen molar-refractivity contribution in [2.24, 2.45) is 0 Å². The van der Waals surface area contributed by atoms with Crippen LogP contribution < -0.4 is 15.5 Å². The Labute approximate surface area is 156 Å². The first-order chi connectivity index (χ1) is 12.7. The molecular formula is C18H17ClN6O. The van der Waals surface area contributed by atoms with Crippen molar-refractivity contribution in [2.75, 3.05) is 23.3 Å². The van der Waals surface area contributed by atoms with Crippen LogP contribution in [0.2, 0.25) is 5.02 Å². The van der Waals surface area contributed by atoms with Gasteiger partial charge in [0.2, 0.25) is 11.7 Å². The van der Waals surface area contributed by atoms with E-state index in [9.17, 15) is 10.1 Å². The molecule has 3 heterocycles. The first kappa shape index (κ1) is 16.8. The molecule has 2 aliphatic heterocycles. The fourth-order valence-corrected chi connectivity index (χ4v) is 3.52. The molecule has 1 saturated heterocycles. The minimum atomic E-state index is -0.208. The highest BCUT2D eigenvalue weighted by molar-refractivity contribution is 6.30. The summed E-state index contributed by atoms with van der Waals surface area (Å²) in [4.78, 5) is 23.1. The molecule has 1 amide bonds. The molecule has 0 radical (unpaired) electrons. The van der Waals surface area contributed by atoms with E-state index in [0.717, 1.165) is 30.6 Å². The van der Waals surface area contributed by atoms with Crippen molar-refractivity contribution >= 4 is 34.8 Å². The molecule has 8 heteroatoms. The summed E-state index contributed by atoms with van der Waals surface area (Å²) >= 11 is 5.97. The summed E-state index contributed by atoms with van der Waals surface area (Å²) in [5.41, 5.74) is 1.79. The molecule has 1 aromatic carbocycles. The van der Waals surface area contributed by atoms with Gasteiger partial charge >= 0.3 is 0 Å². The summed E-state index contributed by atoms with van der Waals surface area (Å²) in [5.74, 6) is 1.02. The van der Waals surface area contributed by atoms with E-state index >= 15 is 0 Å². The zero-order valence-corrected chi connectivity index (χ0v) is 14.8. The van der Waals surface area contributed by atoms with E-state index in [1.54, 1.807) is 0 Å². The van der Waals surface area contributed by atoms with Crippen LogP contribution in [0.25, 0.3) is 0 Å². The summed E-state index contributed by atoms with van der Waals surface area (Å²) in [6.07, 6.45) is 2.48. The molecule has 26 heavy (non-hydrogen) atoms. The number of carbonyl (C=O) groups is 1. The zero-order chi connectivity index (χ0) is 18.1. The van der Waals surface area contributed by atoms with Gasteiger partial charge in [-0.05, 0) is 50.1 Å². The number of hydrogen-bond acceptors (Lipinski definition) is 6. The van der Waals surface area contributed by atoms with Crippen LogP contribution in [-0.4, -0.2) is 35.0 Å². The monoisotopic (exact) mass is 368 g/mol. The highest BCUT2D eigenvalue weighted by Gasteiger charge is 2.29. The first-order valence-electron chi connectivity index (χ1n) is 8.54. The number of hydrogen-bond donors (Lipinski definition) is 2. The number of halogens is 1. The van der Waals surface area contributed by atoms with Crippen LogP contribution in [0, 0.1) is 11.3 Å². The molecule has 2 aliphatic rings. The van der Waals surface area contributed by atoms with Gasteiger partial charge in [-0.25, -0.2) is 9.97 Å². The maximum atomic E-state index is 12.5. The summed E-state index contributed by atoms with van der Waals surface area (Å²) in [6.45, 7) is 1.54. The lowest BCUT2D eigenvalue weighted by Gasteiger charge is -2.19. The van der Waals surface area contributed by atoms with Crippen molar-refractivity contribution in [2.45, 2.75) is 25.3 Å². The second kappa shape index (κ2) is 6.90. The Bertz CT molecular complexity index is 886. The number of benzene rings is 1. The van der Waals surface area contributed by atoms with Crippen LogP contribution in [0.15, 0.2) is 24.3 Å². The van der Waals surface area contributed by atoms with Gasteiger partial charge in [-0.15, -0.1) is 0 Å². The molecule has 0 spiro atoms. The van der Waals surface area contributed by atoms with Crippen molar-refractivity contribution in [3.8, 4) is 6.07 Å². The van der Waals surface area contributed by atoms with Crippen molar-refractivity contribution in [1.29, 1.82) is 5.26 Å². The normalized spacial score (nSPS) is 18.5. The minimum Gasteiger partial charge on any atom is -0.326 e. The number of anilines is 3. The summed E-state index contributed by atoms with van der Waals surface area (Å²) in [5, 5.41) is 16.0. The van der Waals surface area contributed by atoms with Crippen molar-refractivity contribution < 1.29 is 4.79 Å². The molecule has 0 bridgehead atoms. The molecule has 0 saturated carbocycles. The third-order valence-electron chi connectivity index (χ3n) is 4.68. The Hall–Kier alpha value is -2.69. The Kier molecular flexibility index (Phi) is 4.45. The summed E-state index contributed by atoms with van der Waals surface area (Å²) < 4.78 is 0. The lowest BCUT2D eigenvalue weighted by molar-refractivity contribution is -0.117. The number of aromatic nitrogens is 2. The van der Waals surface area contributed by atoms with Crippen LogP contribution in [0.3, 0.4) is 0 Å². The molecular weight excluding hydrogens is 352 g/mol. The van der Waals surface area contributed by atoms with E-state index in [1.165, 1.54) is 0 Å². The van der Waals surface area contributed by atoms with Gasteiger partial charge in [-0.3, -0.25) is 4.79 Å². The fraction of sp³-hybridized carbons (Fsp3) is 0.333. The van der Waals surface area contributed by atoms with Gasteiger partial charge in [-0.1, -0.05) is 11.6 Å². The highest BCUT2D eigenvalue weighted by atomic mass is 35.5. The van der Waals surface area contributed by atoms with Crippen LogP contribution in [0.5, 0.6) is 0 Å². The lowest BCUT2D eigenvalue weighted by Crippen LogP contribution is -2.36. The number of nitrogens with zero attached hydrogens (tertiary/aromatic N) is 4. The van der Waals surface area contributed by atoms with Crippen LogP contribution >= 0.6 is 11.6 Å². The lowest BCUT2D eigenvalue weighted by atomic mass is 10.2.